The molecule has 0 amide bonds. The first-order chi connectivity index (χ1) is 29.0. The molecule has 0 fully saturated rings. The molecule has 0 N–H and O–H groups in total. The van der Waals surface area contributed by atoms with Gasteiger partial charge in [0.25, 0.3) is 0 Å². The topological polar surface area (TPSA) is 9.23 Å². The number of rotatable bonds is 5. The minimum absolute atomic E-state index is 0.0462. The minimum atomic E-state index is -0.498. The van der Waals surface area contributed by atoms with Crippen molar-refractivity contribution in [2.75, 3.05) is 0 Å². The Balaban J connectivity index is 1.12. The predicted molar refractivity (Wildman–Crippen MR) is 247 cm³/mol. The molecule has 0 unspecified atom stereocenters. The van der Waals surface area contributed by atoms with Crippen LogP contribution in [0, 0.1) is 0 Å². The van der Waals surface area contributed by atoms with Crippen molar-refractivity contribution in [3.63, 3.8) is 0 Å². The molecule has 1 heterocycles. The highest BCUT2D eigenvalue weighted by molar-refractivity contribution is 6.17. The van der Waals surface area contributed by atoms with E-state index < -0.39 is 5.41 Å². The summed E-state index contributed by atoms with van der Waals surface area (Å²) in [5.74, 6) is 1.95. The zero-order chi connectivity index (χ0) is 39.3. The monoisotopic (exact) mass is 754 g/mol. The lowest BCUT2D eigenvalue weighted by Gasteiger charge is -2.43. The van der Waals surface area contributed by atoms with E-state index in [-0.39, 0.29) is 5.41 Å². The Bertz CT molecular complexity index is 3190. The number of benzene rings is 10. The molecule has 0 aromatic heterocycles. The summed E-state index contributed by atoms with van der Waals surface area (Å²) in [5.41, 5.74) is 12.6. The van der Waals surface area contributed by atoms with Gasteiger partial charge in [0.2, 0.25) is 0 Å². The van der Waals surface area contributed by atoms with Crippen LogP contribution < -0.4 is 4.74 Å². The van der Waals surface area contributed by atoms with Crippen molar-refractivity contribution < 1.29 is 4.74 Å². The molecule has 1 heteroatoms. The normalized spacial score (nSPS) is 14.5. The lowest BCUT2D eigenvalue weighted by atomic mass is 9.62. The fourth-order valence-corrected chi connectivity index (χ4v) is 11.0. The molecule has 10 aromatic rings. The molecule has 0 atom stereocenters. The Morgan fingerprint density at radius 1 is 0.356 bits per heavy atom. The average Bonchev–Trinajstić information content (AvgIpc) is 3.52. The third-order valence-electron chi connectivity index (χ3n) is 13.7. The Morgan fingerprint density at radius 3 is 1.36 bits per heavy atom. The van der Waals surface area contributed by atoms with Gasteiger partial charge in [-0.25, -0.2) is 0 Å². The molecular weight excluding hydrogens is 713 g/mol. The Kier molecular flexibility index (Phi) is 7.38. The summed E-state index contributed by atoms with van der Waals surface area (Å²) in [6.45, 7) is 4.72. The van der Waals surface area contributed by atoms with E-state index in [0.29, 0.717) is 0 Å². The largest absolute Gasteiger partial charge is 0.455 e. The molecule has 0 spiro atoms. The van der Waals surface area contributed by atoms with Gasteiger partial charge in [0.15, 0.2) is 0 Å². The van der Waals surface area contributed by atoms with Gasteiger partial charge in [-0.05, 0) is 95.7 Å². The van der Waals surface area contributed by atoms with E-state index in [9.17, 15) is 0 Å². The highest BCUT2D eigenvalue weighted by atomic mass is 16.5. The fraction of sp³-hybridized carbons (Fsp3) is 0.103. The summed E-state index contributed by atoms with van der Waals surface area (Å²) < 4.78 is 7.50. The van der Waals surface area contributed by atoms with E-state index in [2.05, 4.69) is 208 Å². The van der Waals surface area contributed by atoms with Crippen LogP contribution in [0.3, 0.4) is 0 Å². The summed E-state index contributed by atoms with van der Waals surface area (Å²) in [6, 6.07) is 72.2. The third kappa shape index (κ3) is 4.98. The van der Waals surface area contributed by atoms with Crippen LogP contribution in [0.5, 0.6) is 11.5 Å². The Morgan fingerprint density at radius 2 is 0.780 bits per heavy atom. The van der Waals surface area contributed by atoms with Crippen LogP contribution in [0.25, 0.3) is 65.3 Å². The van der Waals surface area contributed by atoms with Crippen molar-refractivity contribution in [2.24, 2.45) is 0 Å². The zero-order valence-electron chi connectivity index (χ0n) is 33.3. The highest BCUT2D eigenvalue weighted by Crippen LogP contribution is 2.60. The first kappa shape index (κ1) is 34.1. The van der Waals surface area contributed by atoms with Crippen LogP contribution >= 0.6 is 0 Å². The van der Waals surface area contributed by atoms with Gasteiger partial charge in [0.05, 0.1) is 0 Å². The van der Waals surface area contributed by atoms with Crippen LogP contribution in [0.4, 0.5) is 0 Å². The number of fused-ring (bicyclic) bond motifs is 15. The molecule has 1 aliphatic heterocycles. The molecule has 0 saturated heterocycles. The van der Waals surface area contributed by atoms with Gasteiger partial charge in [-0.2, -0.15) is 0 Å². The highest BCUT2D eigenvalue weighted by Gasteiger charge is 2.46. The van der Waals surface area contributed by atoms with Crippen molar-refractivity contribution in [3.05, 3.63) is 228 Å². The number of ether oxygens (including phenoxy) is 1. The van der Waals surface area contributed by atoms with E-state index in [1.54, 1.807) is 0 Å². The summed E-state index contributed by atoms with van der Waals surface area (Å²) >= 11 is 0. The second-order valence-corrected chi connectivity index (χ2v) is 17.2. The molecule has 1 aliphatic carbocycles. The van der Waals surface area contributed by atoms with Gasteiger partial charge in [0, 0.05) is 32.7 Å². The molecule has 280 valence electrons. The van der Waals surface area contributed by atoms with Crippen molar-refractivity contribution in [3.8, 4) is 33.8 Å². The molecule has 0 bridgehead atoms. The maximum atomic E-state index is 7.50. The zero-order valence-corrected chi connectivity index (χ0v) is 33.3. The Labute approximate surface area is 345 Å². The summed E-state index contributed by atoms with van der Waals surface area (Å²) in [6.07, 6.45) is 1.60. The predicted octanol–water partition coefficient (Wildman–Crippen LogP) is 15.1. The smallest absolute Gasteiger partial charge is 0.140 e. The van der Waals surface area contributed by atoms with Gasteiger partial charge in [0.1, 0.15) is 11.5 Å². The summed E-state index contributed by atoms with van der Waals surface area (Å²) in [7, 11) is 0. The van der Waals surface area contributed by atoms with E-state index in [4.69, 9.17) is 4.74 Å². The molecule has 0 radical (unpaired) electrons. The SMILES string of the molecule is CC1(C)c2ccccc2-c2ccc(-c3ccc(CC4(Cc5ccccc5)c5c(c6ccccc6c6ccccc56)Oc5c4c4ccccc4c4ccccc54)cc3)cc21. The summed E-state index contributed by atoms with van der Waals surface area (Å²) in [5, 5.41) is 9.75. The lowest BCUT2D eigenvalue weighted by molar-refractivity contribution is 0.399. The van der Waals surface area contributed by atoms with Gasteiger partial charge >= 0.3 is 0 Å². The maximum absolute atomic E-state index is 7.50. The molecule has 59 heavy (non-hydrogen) atoms. The first-order valence-electron chi connectivity index (χ1n) is 20.9. The number of hydrogen-bond donors (Lipinski definition) is 0. The van der Waals surface area contributed by atoms with E-state index in [1.807, 2.05) is 0 Å². The van der Waals surface area contributed by atoms with Crippen LogP contribution in [-0.2, 0) is 23.7 Å². The standard InChI is InChI=1S/C58H42O/c1-57(2)51-27-15-14-22-45(51)46-33-32-40(34-52(46)57)39-30-28-38(29-31-39)36-58(35-37-16-4-3-5-17-37)53-47-23-10-6-18-41(47)43-20-8-12-25-49(43)55(53)59-56-50-26-13-9-21-44(50)42-19-7-11-24-48(42)54(56)58/h3-34H,35-36H2,1-2H3. The second-order valence-electron chi connectivity index (χ2n) is 17.2. The van der Waals surface area contributed by atoms with Crippen molar-refractivity contribution in [1.29, 1.82) is 0 Å². The van der Waals surface area contributed by atoms with Gasteiger partial charge in [-0.3, -0.25) is 0 Å². The van der Waals surface area contributed by atoms with Gasteiger partial charge in [-0.1, -0.05) is 202 Å². The average molecular weight is 755 g/mol. The maximum Gasteiger partial charge on any atom is 0.140 e. The van der Waals surface area contributed by atoms with Gasteiger partial charge in [-0.15, -0.1) is 0 Å². The van der Waals surface area contributed by atoms with E-state index in [1.165, 1.54) is 88.0 Å². The lowest BCUT2D eigenvalue weighted by Crippen LogP contribution is -2.37. The minimum Gasteiger partial charge on any atom is -0.455 e. The molecule has 2 aliphatic rings. The van der Waals surface area contributed by atoms with Crippen molar-refractivity contribution in [1.82, 2.24) is 0 Å². The Hall–Kier alpha value is -6.96. The molecule has 10 aromatic carbocycles. The van der Waals surface area contributed by atoms with Crippen LogP contribution in [0.15, 0.2) is 194 Å². The quantitative estimate of drug-likeness (QED) is 0.159. The van der Waals surface area contributed by atoms with Crippen LogP contribution in [0.1, 0.15) is 47.2 Å². The second kappa shape index (κ2) is 12.8. The molecule has 1 nitrogen and oxygen atoms in total. The van der Waals surface area contributed by atoms with Gasteiger partial charge < -0.3 is 4.74 Å². The number of hydrogen-bond acceptors (Lipinski definition) is 1. The molecular formula is C58H42O. The van der Waals surface area contributed by atoms with E-state index in [0.717, 1.165) is 35.1 Å². The van der Waals surface area contributed by atoms with Crippen LogP contribution in [0.2, 0.25) is 0 Å². The van der Waals surface area contributed by atoms with Crippen molar-refractivity contribution in [2.45, 2.75) is 37.5 Å². The third-order valence-corrected chi connectivity index (χ3v) is 13.7. The van der Waals surface area contributed by atoms with Crippen molar-refractivity contribution >= 4 is 43.1 Å². The van der Waals surface area contributed by atoms with Crippen LogP contribution in [-0.4, -0.2) is 0 Å². The molecule has 12 rings (SSSR count). The summed E-state index contributed by atoms with van der Waals surface area (Å²) in [4.78, 5) is 0. The fourth-order valence-electron chi connectivity index (χ4n) is 11.0. The molecule has 0 saturated carbocycles. The first-order valence-corrected chi connectivity index (χ1v) is 20.9. The van der Waals surface area contributed by atoms with E-state index >= 15 is 0 Å².